The molecule has 0 spiro atoms. The van der Waals surface area contributed by atoms with Crippen LogP contribution in [0.25, 0.3) is 28.2 Å². The summed E-state index contributed by atoms with van der Waals surface area (Å²) in [6.07, 6.45) is 0. The number of nitrogens with zero attached hydrogens (tertiary/aromatic N) is 2. The zero-order chi connectivity index (χ0) is 20.4. The van der Waals surface area contributed by atoms with Crippen molar-refractivity contribution in [2.75, 3.05) is 7.11 Å². The molecule has 3 aromatic carbocycles. The predicted octanol–water partition coefficient (Wildman–Crippen LogP) is 3.86. The van der Waals surface area contributed by atoms with E-state index in [1.54, 1.807) is 23.9 Å². The third kappa shape index (κ3) is 3.91. The van der Waals surface area contributed by atoms with E-state index in [2.05, 4.69) is 0 Å². The van der Waals surface area contributed by atoms with E-state index < -0.39 is 10.0 Å². The lowest BCUT2D eigenvalue weighted by Gasteiger charge is -2.09. The van der Waals surface area contributed by atoms with Gasteiger partial charge < -0.3 is 4.74 Å². The summed E-state index contributed by atoms with van der Waals surface area (Å²) >= 11 is 0. The maximum absolute atomic E-state index is 11.6. The number of ether oxygens (including phenoxy) is 1. The minimum atomic E-state index is -3.75. The normalized spacial score (nSPS) is 11.4. The molecular weight excluding hydrogens is 386 g/mol. The highest BCUT2D eigenvalue weighted by atomic mass is 32.2. The summed E-state index contributed by atoms with van der Waals surface area (Å²) in [5.74, 6) is 0.764. The average Bonchev–Trinajstić information content (AvgIpc) is 3.19. The topological polar surface area (TPSA) is 87.2 Å². The highest BCUT2D eigenvalue weighted by molar-refractivity contribution is 7.89. The van der Waals surface area contributed by atoms with Gasteiger partial charge in [0.05, 0.1) is 29.1 Å². The van der Waals surface area contributed by atoms with Crippen molar-refractivity contribution in [3.8, 4) is 34.0 Å². The van der Waals surface area contributed by atoms with Crippen LogP contribution in [0.1, 0.15) is 0 Å². The Morgan fingerprint density at radius 1 is 0.862 bits per heavy atom. The van der Waals surface area contributed by atoms with E-state index in [4.69, 9.17) is 15.0 Å². The van der Waals surface area contributed by atoms with Crippen molar-refractivity contribution in [1.29, 1.82) is 0 Å². The minimum absolute atomic E-state index is 0.0580. The van der Waals surface area contributed by atoms with Gasteiger partial charge >= 0.3 is 0 Å². The number of nitrogens with two attached hydrogens (primary N) is 1. The molecule has 1 aromatic heterocycles. The van der Waals surface area contributed by atoms with E-state index in [-0.39, 0.29) is 4.90 Å². The molecule has 0 saturated heterocycles. The van der Waals surface area contributed by atoms with Gasteiger partial charge in [0.2, 0.25) is 10.0 Å². The Labute approximate surface area is 169 Å². The summed E-state index contributed by atoms with van der Waals surface area (Å²) in [7, 11) is -2.13. The van der Waals surface area contributed by atoms with Gasteiger partial charge in [0.15, 0.2) is 0 Å². The van der Waals surface area contributed by atoms with E-state index in [0.29, 0.717) is 0 Å². The number of benzene rings is 3. The van der Waals surface area contributed by atoms with Gasteiger partial charge in [0, 0.05) is 11.1 Å². The summed E-state index contributed by atoms with van der Waals surface area (Å²) in [4.78, 5) is 0.0580. The minimum Gasteiger partial charge on any atom is -0.497 e. The van der Waals surface area contributed by atoms with Gasteiger partial charge in [-0.25, -0.2) is 18.2 Å². The van der Waals surface area contributed by atoms with Gasteiger partial charge in [-0.2, -0.15) is 5.10 Å². The smallest absolute Gasteiger partial charge is 0.238 e. The van der Waals surface area contributed by atoms with Gasteiger partial charge in [0.1, 0.15) is 5.75 Å². The molecule has 2 N–H and O–H groups in total. The Morgan fingerprint density at radius 3 is 2.10 bits per heavy atom. The molecular formula is C22H19N3O3S. The molecule has 0 aliphatic rings. The third-order valence-corrected chi connectivity index (χ3v) is 5.50. The van der Waals surface area contributed by atoms with Crippen molar-refractivity contribution in [1.82, 2.24) is 9.78 Å². The molecule has 7 heteroatoms. The van der Waals surface area contributed by atoms with Gasteiger partial charge in [0.25, 0.3) is 0 Å². The van der Waals surface area contributed by atoms with Crippen LogP contribution < -0.4 is 9.88 Å². The molecule has 4 rings (SSSR count). The van der Waals surface area contributed by atoms with Crippen LogP contribution in [0.2, 0.25) is 0 Å². The quantitative estimate of drug-likeness (QED) is 0.546. The molecule has 0 saturated carbocycles. The Balaban J connectivity index is 1.85. The molecule has 0 atom stereocenters. The van der Waals surface area contributed by atoms with Crippen LogP contribution in [0.5, 0.6) is 5.75 Å². The molecule has 0 fully saturated rings. The molecule has 6 nitrogen and oxygen atoms in total. The van der Waals surface area contributed by atoms with Crippen LogP contribution in [0.3, 0.4) is 0 Å². The number of hydrogen-bond acceptors (Lipinski definition) is 4. The van der Waals surface area contributed by atoms with Gasteiger partial charge in [-0.15, -0.1) is 0 Å². The van der Waals surface area contributed by atoms with Crippen LogP contribution in [0.4, 0.5) is 0 Å². The molecule has 146 valence electrons. The number of primary sulfonamides is 1. The monoisotopic (exact) mass is 405 g/mol. The summed E-state index contributed by atoms with van der Waals surface area (Å²) in [5.41, 5.74) is 4.35. The van der Waals surface area contributed by atoms with Crippen molar-refractivity contribution in [3.63, 3.8) is 0 Å². The first-order chi connectivity index (χ1) is 14.0. The first kappa shape index (κ1) is 18.9. The van der Waals surface area contributed by atoms with Crippen molar-refractivity contribution in [3.05, 3.63) is 84.9 Å². The fraction of sp³-hybridized carbons (Fsp3) is 0.0455. The molecule has 0 bridgehead atoms. The first-order valence-electron chi connectivity index (χ1n) is 8.89. The Kier molecular flexibility index (Phi) is 4.92. The SMILES string of the molecule is COc1ccc(-c2cc(-c3ccccc3)nn2-c2ccc(S(N)(=O)=O)cc2)cc1. The molecule has 0 unspecified atom stereocenters. The molecule has 0 aliphatic heterocycles. The van der Waals surface area contributed by atoms with Gasteiger partial charge in [-0.1, -0.05) is 30.3 Å². The number of methoxy groups -OCH3 is 1. The lowest BCUT2D eigenvalue weighted by Crippen LogP contribution is -2.12. The second-order valence-corrected chi connectivity index (χ2v) is 8.02. The molecule has 0 amide bonds. The van der Waals surface area contributed by atoms with Crippen LogP contribution >= 0.6 is 0 Å². The third-order valence-electron chi connectivity index (χ3n) is 4.57. The van der Waals surface area contributed by atoms with Crippen LogP contribution in [-0.4, -0.2) is 25.3 Å². The molecule has 4 aromatic rings. The first-order valence-corrected chi connectivity index (χ1v) is 10.4. The maximum Gasteiger partial charge on any atom is 0.238 e. The van der Waals surface area contributed by atoms with Crippen molar-refractivity contribution >= 4 is 10.0 Å². The van der Waals surface area contributed by atoms with E-state index in [0.717, 1.165) is 34.0 Å². The zero-order valence-electron chi connectivity index (χ0n) is 15.7. The second-order valence-electron chi connectivity index (χ2n) is 6.46. The highest BCUT2D eigenvalue weighted by Crippen LogP contribution is 2.30. The molecule has 1 heterocycles. The number of hydrogen-bond donors (Lipinski definition) is 1. The lowest BCUT2D eigenvalue weighted by atomic mass is 10.1. The lowest BCUT2D eigenvalue weighted by molar-refractivity contribution is 0.415. The number of sulfonamides is 1. The van der Waals surface area contributed by atoms with E-state index >= 15 is 0 Å². The predicted molar refractivity (Wildman–Crippen MR) is 112 cm³/mol. The highest BCUT2D eigenvalue weighted by Gasteiger charge is 2.14. The number of rotatable bonds is 5. The van der Waals surface area contributed by atoms with Gasteiger partial charge in [-0.3, -0.25) is 0 Å². The Hall–Kier alpha value is -3.42. The summed E-state index contributed by atoms with van der Waals surface area (Å²) < 4.78 is 30.2. The largest absolute Gasteiger partial charge is 0.497 e. The summed E-state index contributed by atoms with van der Waals surface area (Å²) in [6, 6.07) is 25.9. The molecule has 29 heavy (non-hydrogen) atoms. The fourth-order valence-corrected chi connectivity index (χ4v) is 3.59. The summed E-state index contributed by atoms with van der Waals surface area (Å²) in [6.45, 7) is 0. The van der Waals surface area contributed by atoms with E-state index in [1.807, 2.05) is 60.7 Å². The second kappa shape index (κ2) is 7.54. The standard InChI is InChI=1S/C22H19N3O3S/c1-28-19-11-7-17(8-12-19)22-15-21(16-5-3-2-4-6-16)24-25(22)18-9-13-20(14-10-18)29(23,26)27/h2-15H,1H3,(H2,23,26,27). The maximum atomic E-state index is 11.6. The fourth-order valence-electron chi connectivity index (χ4n) is 3.07. The average molecular weight is 405 g/mol. The Bertz CT molecular complexity index is 1230. The molecule has 0 radical (unpaired) electrons. The van der Waals surface area contributed by atoms with Crippen LogP contribution in [-0.2, 0) is 10.0 Å². The zero-order valence-corrected chi connectivity index (χ0v) is 16.5. The Morgan fingerprint density at radius 2 is 1.52 bits per heavy atom. The van der Waals surface area contributed by atoms with Gasteiger partial charge in [-0.05, 0) is 54.6 Å². The van der Waals surface area contributed by atoms with E-state index in [9.17, 15) is 8.42 Å². The van der Waals surface area contributed by atoms with E-state index in [1.165, 1.54) is 12.1 Å². The number of aromatic nitrogens is 2. The van der Waals surface area contributed by atoms with Crippen molar-refractivity contribution < 1.29 is 13.2 Å². The van der Waals surface area contributed by atoms with Crippen LogP contribution in [0, 0.1) is 0 Å². The van der Waals surface area contributed by atoms with Crippen molar-refractivity contribution in [2.24, 2.45) is 5.14 Å². The molecule has 0 aliphatic carbocycles. The van der Waals surface area contributed by atoms with Crippen molar-refractivity contribution in [2.45, 2.75) is 4.90 Å². The van der Waals surface area contributed by atoms with Crippen LogP contribution in [0.15, 0.2) is 89.8 Å². The summed E-state index contributed by atoms with van der Waals surface area (Å²) in [5, 5.41) is 9.98.